The van der Waals surface area contributed by atoms with E-state index in [1.165, 1.54) is 12.1 Å². The molecule has 0 aliphatic carbocycles. The minimum Gasteiger partial charge on any atom is -0.394 e. The summed E-state index contributed by atoms with van der Waals surface area (Å²) in [5.41, 5.74) is 0.606. The van der Waals surface area contributed by atoms with Crippen molar-refractivity contribution in [3.05, 3.63) is 35.6 Å². The summed E-state index contributed by atoms with van der Waals surface area (Å²) in [6.07, 6.45) is 0.832. The van der Waals surface area contributed by atoms with E-state index >= 15 is 0 Å². The molecule has 0 spiro atoms. The maximum Gasteiger partial charge on any atom is 0.123 e. The Morgan fingerprint density at radius 2 is 2.20 bits per heavy atom. The average Bonchev–Trinajstić information content (AvgIpc) is 2.26. The molecule has 0 heterocycles. The van der Waals surface area contributed by atoms with Gasteiger partial charge in [0.05, 0.1) is 6.61 Å². The van der Waals surface area contributed by atoms with Crippen LogP contribution in [0.15, 0.2) is 24.3 Å². The fourth-order valence-electron chi connectivity index (χ4n) is 1.26. The predicted molar refractivity (Wildman–Crippen MR) is 59.0 cm³/mol. The highest BCUT2D eigenvalue weighted by Gasteiger charge is 2.19. The number of aliphatic hydroxyl groups is 1. The van der Waals surface area contributed by atoms with E-state index < -0.39 is 0 Å². The summed E-state index contributed by atoms with van der Waals surface area (Å²) < 4.78 is 12.9. The Hall–Kier alpha value is -0.930. The number of nitrogens with one attached hydrogen (secondary N) is 1. The number of hydrogen-bond acceptors (Lipinski definition) is 2. The van der Waals surface area contributed by atoms with Crippen molar-refractivity contribution in [3.8, 4) is 0 Å². The molecular weight excluding hydrogens is 193 g/mol. The molecule has 3 heteroatoms. The van der Waals surface area contributed by atoms with E-state index in [0.29, 0.717) is 6.54 Å². The summed E-state index contributed by atoms with van der Waals surface area (Å²) in [7, 11) is 0. The van der Waals surface area contributed by atoms with Crippen molar-refractivity contribution in [2.45, 2.75) is 32.4 Å². The van der Waals surface area contributed by atoms with Crippen molar-refractivity contribution < 1.29 is 9.50 Å². The Morgan fingerprint density at radius 1 is 1.47 bits per heavy atom. The minimum atomic E-state index is -0.285. The van der Waals surface area contributed by atoms with Gasteiger partial charge in [0.15, 0.2) is 0 Å². The van der Waals surface area contributed by atoms with Crippen LogP contribution < -0.4 is 5.32 Å². The van der Waals surface area contributed by atoms with Crippen molar-refractivity contribution in [1.29, 1.82) is 0 Å². The summed E-state index contributed by atoms with van der Waals surface area (Å²) in [5, 5.41) is 12.4. The smallest absolute Gasteiger partial charge is 0.123 e. The van der Waals surface area contributed by atoms with Crippen LogP contribution in [0, 0.1) is 5.82 Å². The maximum atomic E-state index is 12.9. The first-order chi connectivity index (χ1) is 7.09. The monoisotopic (exact) mass is 211 g/mol. The maximum absolute atomic E-state index is 12.9. The van der Waals surface area contributed by atoms with Gasteiger partial charge in [-0.3, -0.25) is 0 Å². The number of hydrogen-bond donors (Lipinski definition) is 2. The van der Waals surface area contributed by atoms with Gasteiger partial charge in [-0.15, -0.1) is 0 Å². The summed E-state index contributed by atoms with van der Waals surface area (Å²) in [6.45, 7) is 4.61. The zero-order valence-corrected chi connectivity index (χ0v) is 9.26. The fourth-order valence-corrected chi connectivity index (χ4v) is 1.26. The third kappa shape index (κ3) is 3.61. The molecule has 1 rings (SSSR count). The summed E-state index contributed by atoms with van der Waals surface area (Å²) in [6, 6.07) is 6.48. The highest BCUT2D eigenvalue weighted by molar-refractivity contribution is 5.16. The Morgan fingerprint density at radius 3 is 2.73 bits per heavy atom. The molecule has 0 aliphatic rings. The molecule has 0 saturated carbocycles. The van der Waals surface area contributed by atoms with Gasteiger partial charge in [0, 0.05) is 12.1 Å². The lowest BCUT2D eigenvalue weighted by atomic mass is 10.00. The normalized spacial score (nSPS) is 14.9. The number of rotatable bonds is 5. The van der Waals surface area contributed by atoms with Gasteiger partial charge in [0.1, 0.15) is 5.82 Å². The van der Waals surface area contributed by atoms with Gasteiger partial charge in [-0.2, -0.15) is 0 Å². The molecule has 2 N–H and O–H groups in total. The Labute approximate surface area is 90.1 Å². The molecule has 0 fully saturated rings. The van der Waals surface area contributed by atoms with Crippen LogP contribution >= 0.6 is 0 Å². The third-order valence-corrected chi connectivity index (χ3v) is 2.74. The molecular formula is C12H18FNO. The third-order valence-electron chi connectivity index (χ3n) is 2.74. The topological polar surface area (TPSA) is 32.3 Å². The first-order valence-electron chi connectivity index (χ1n) is 5.20. The predicted octanol–water partition coefficient (Wildman–Crippen LogP) is 2.08. The van der Waals surface area contributed by atoms with Crippen LogP contribution in [-0.2, 0) is 6.54 Å². The van der Waals surface area contributed by atoms with Gasteiger partial charge in [-0.25, -0.2) is 4.39 Å². The van der Waals surface area contributed by atoms with Crippen molar-refractivity contribution in [2.75, 3.05) is 6.61 Å². The van der Waals surface area contributed by atoms with E-state index in [2.05, 4.69) is 5.32 Å². The van der Waals surface area contributed by atoms with Gasteiger partial charge >= 0.3 is 0 Å². The molecule has 0 aliphatic heterocycles. The van der Waals surface area contributed by atoms with Crippen LogP contribution in [0.4, 0.5) is 4.39 Å². The largest absolute Gasteiger partial charge is 0.394 e. The number of halogens is 1. The molecule has 0 amide bonds. The van der Waals surface area contributed by atoms with Gasteiger partial charge in [0.25, 0.3) is 0 Å². The van der Waals surface area contributed by atoms with Crippen molar-refractivity contribution in [1.82, 2.24) is 5.32 Å². The van der Waals surface area contributed by atoms with Gasteiger partial charge in [0.2, 0.25) is 0 Å². The Kier molecular flexibility index (Phi) is 4.24. The zero-order valence-electron chi connectivity index (χ0n) is 9.26. The molecule has 1 aromatic carbocycles. The second-order valence-electron chi connectivity index (χ2n) is 4.06. The summed E-state index contributed by atoms with van der Waals surface area (Å²) >= 11 is 0. The van der Waals surface area contributed by atoms with Gasteiger partial charge < -0.3 is 10.4 Å². The first kappa shape index (κ1) is 12.1. The average molecular weight is 211 g/mol. The first-order valence-corrected chi connectivity index (χ1v) is 5.20. The molecule has 1 aromatic rings. The van der Waals surface area contributed by atoms with Crippen LogP contribution in [0.1, 0.15) is 25.8 Å². The van der Waals surface area contributed by atoms with Crippen LogP contribution in [0.3, 0.4) is 0 Å². The summed E-state index contributed by atoms with van der Waals surface area (Å²) in [5.74, 6) is -0.225. The second kappa shape index (κ2) is 5.24. The lowest BCUT2D eigenvalue weighted by Gasteiger charge is -2.27. The summed E-state index contributed by atoms with van der Waals surface area (Å²) in [4.78, 5) is 0. The molecule has 0 saturated heterocycles. The molecule has 84 valence electrons. The molecule has 0 aromatic heterocycles. The zero-order chi connectivity index (χ0) is 11.3. The highest BCUT2D eigenvalue weighted by Crippen LogP contribution is 2.10. The lowest BCUT2D eigenvalue weighted by molar-refractivity contribution is 0.169. The van der Waals surface area contributed by atoms with Crippen molar-refractivity contribution in [2.24, 2.45) is 0 Å². The lowest BCUT2D eigenvalue weighted by Crippen LogP contribution is -2.44. The van der Waals surface area contributed by atoms with E-state index in [9.17, 15) is 9.50 Å². The minimum absolute atomic E-state index is 0.0822. The van der Waals surface area contributed by atoms with Crippen LogP contribution in [0.5, 0.6) is 0 Å². The Bertz CT molecular complexity index is 310. The van der Waals surface area contributed by atoms with Crippen LogP contribution in [-0.4, -0.2) is 17.3 Å². The van der Waals surface area contributed by atoms with Gasteiger partial charge in [-0.1, -0.05) is 19.1 Å². The second-order valence-corrected chi connectivity index (χ2v) is 4.06. The Balaban J connectivity index is 2.56. The molecule has 1 unspecified atom stereocenters. The molecule has 0 radical (unpaired) electrons. The van der Waals surface area contributed by atoms with Crippen molar-refractivity contribution >= 4 is 0 Å². The van der Waals surface area contributed by atoms with Crippen LogP contribution in [0.25, 0.3) is 0 Å². The number of benzene rings is 1. The molecule has 2 nitrogen and oxygen atoms in total. The van der Waals surface area contributed by atoms with E-state index in [1.54, 1.807) is 6.07 Å². The quantitative estimate of drug-likeness (QED) is 0.781. The van der Waals surface area contributed by atoms with E-state index in [0.717, 1.165) is 12.0 Å². The number of aliphatic hydroxyl groups excluding tert-OH is 1. The van der Waals surface area contributed by atoms with E-state index in [1.807, 2.05) is 19.9 Å². The van der Waals surface area contributed by atoms with E-state index in [-0.39, 0.29) is 18.0 Å². The standard InChI is InChI=1S/C12H18FNO/c1-3-12(2,9-15)14-8-10-5-4-6-11(13)7-10/h4-7,14-15H,3,8-9H2,1-2H3. The van der Waals surface area contributed by atoms with Crippen LogP contribution in [0.2, 0.25) is 0 Å². The SMILES string of the molecule is CCC(C)(CO)NCc1cccc(F)c1. The molecule has 15 heavy (non-hydrogen) atoms. The van der Waals surface area contributed by atoms with Gasteiger partial charge in [-0.05, 0) is 31.0 Å². The highest BCUT2D eigenvalue weighted by atomic mass is 19.1. The van der Waals surface area contributed by atoms with Crippen molar-refractivity contribution in [3.63, 3.8) is 0 Å². The molecule has 0 bridgehead atoms. The fraction of sp³-hybridized carbons (Fsp3) is 0.500. The van der Waals surface area contributed by atoms with E-state index in [4.69, 9.17) is 0 Å². The molecule has 1 atom stereocenters.